The number of rotatable bonds is 3. The van der Waals surface area contributed by atoms with E-state index in [0.29, 0.717) is 23.7 Å². The second-order valence-corrected chi connectivity index (χ2v) is 7.36. The van der Waals surface area contributed by atoms with Gasteiger partial charge in [-0.3, -0.25) is 14.5 Å². The highest BCUT2D eigenvalue weighted by Crippen LogP contribution is 2.27. The van der Waals surface area contributed by atoms with Crippen LogP contribution in [0.1, 0.15) is 21.5 Å². The lowest BCUT2D eigenvalue weighted by Gasteiger charge is -2.28. The van der Waals surface area contributed by atoms with Gasteiger partial charge in [0.2, 0.25) is 0 Å². The zero-order valence-corrected chi connectivity index (χ0v) is 15.8. The molecule has 1 amide bonds. The van der Waals surface area contributed by atoms with Gasteiger partial charge in [0.1, 0.15) is 0 Å². The van der Waals surface area contributed by atoms with Crippen molar-refractivity contribution in [1.29, 1.82) is 0 Å². The number of carbonyl (C=O) groups is 1. The number of fused-ring (bicyclic) bond motifs is 2. The molecule has 5 nitrogen and oxygen atoms in total. The molecule has 0 N–H and O–H groups in total. The molecule has 5 rings (SSSR count). The third-order valence-corrected chi connectivity index (χ3v) is 5.36. The van der Waals surface area contributed by atoms with Crippen LogP contribution in [0, 0.1) is 0 Å². The van der Waals surface area contributed by atoms with Crippen molar-refractivity contribution in [3.05, 3.63) is 88.8 Å². The fraction of sp³-hybridized carbons (Fsp3) is 0.136. The summed E-state index contributed by atoms with van der Waals surface area (Å²) < 4.78 is 1.95. The van der Waals surface area contributed by atoms with Crippen LogP contribution in [-0.2, 0) is 13.0 Å². The van der Waals surface area contributed by atoms with Gasteiger partial charge in [-0.05, 0) is 47.9 Å². The molecule has 0 bridgehead atoms. The van der Waals surface area contributed by atoms with Crippen LogP contribution in [0.3, 0.4) is 0 Å². The molecule has 0 unspecified atom stereocenters. The first-order chi connectivity index (χ1) is 13.7. The van der Waals surface area contributed by atoms with E-state index in [2.05, 4.69) is 16.1 Å². The predicted octanol–water partition coefficient (Wildman–Crippen LogP) is 4.34. The number of aromatic nitrogens is 3. The van der Waals surface area contributed by atoms with Gasteiger partial charge in [-0.1, -0.05) is 29.8 Å². The molecule has 6 heteroatoms. The average molecular weight is 389 g/mol. The molecule has 28 heavy (non-hydrogen) atoms. The molecule has 2 aromatic carbocycles. The van der Waals surface area contributed by atoms with Crippen molar-refractivity contribution in [3.63, 3.8) is 0 Å². The molecule has 0 saturated carbocycles. The molecule has 0 spiro atoms. The van der Waals surface area contributed by atoms with Gasteiger partial charge in [0.15, 0.2) is 0 Å². The van der Waals surface area contributed by atoms with Gasteiger partial charge in [0.25, 0.3) is 5.91 Å². The topological polar surface area (TPSA) is 51.0 Å². The maximum Gasteiger partial charge on any atom is 0.258 e. The summed E-state index contributed by atoms with van der Waals surface area (Å²) in [6.45, 7) is 1.21. The van der Waals surface area contributed by atoms with E-state index in [1.54, 1.807) is 23.2 Å². The molecular weight excluding hydrogens is 372 g/mol. The Morgan fingerprint density at radius 3 is 2.86 bits per heavy atom. The molecule has 3 heterocycles. The second kappa shape index (κ2) is 6.77. The van der Waals surface area contributed by atoms with Crippen LogP contribution in [0.2, 0.25) is 5.02 Å². The molecule has 1 aliphatic heterocycles. The van der Waals surface area contributed by atoms with Crippen LogP contribution in [0.15, 0.2) is 67.1 Å². The highest BCUT2D eigenvalue weighted by atomic mass is 35.5. The Kier molecular flexibility index (Phi) is 4.10. The number of benzene rings is 2. The van der Waals surface area contributed by atoms with E-state index in [-0.39, 0.29) is 5.91 Å². The molecule has 0 saturated heterocycles. The van der Waals surface area contributed by atoms with Gasteiger partial charge in [-0.2, -0.15) is 5.10 Å². The van der Waals surface area contributed by atoms with Crippen molar-refractivity contribution >= 4 is 34.1 Å². The highest BCUT2D eigenvalue weighted by Gasteiger charge is 2.26. The second-order valence-electron chi connectivity index (χ2n) is 6.92. The van der Waals surface area contributed by atoms with Gasteiger partial charge in [-0.15, -0.1) is 0 Å². The van der Waals surface area contributed by atoms with Crippen molar-refractivity contribution in [2.45, 2.75) is 13.0 Å². The first-order valence-corrected chi connectivity index (χ1v) is 9.51. The monoisotopic (exact) mass is 388 g/mol. The third kappa shape index (κ3) is 2.94. The van der Waals surface area contributed by atoms with Crippen molar-refractivity contribution < 1.29 is 4.79 Å². The summed E-state index contributed by atoms with van der Waals surface area (Å²) in [6.07, 6.45) is 6.20. The summed E-state index contributed by atoms with van der Waals surface area (Å²) in [4.78, 5) is 19.1. The molecule has 138 valence electrons. The van der Waals surface area contributed by atoms with Gasteiger partial charge in [-0.25, -0.2) is 0 Å². The van der Waals surface area contributed by atoms with Crippen LogP contribution in [0.4, 0.5) is 5.69 Å². The zero-order chi connectivity index (χ0) is 19.1. The van der Waals surface area contributed by atoms with Crippen LogP contribution < -0.4 is 4.90 Å². The van der Waals surface area contributed by atoms with Crippen molar-refractivity contribution in [1.82, 2.24) is 14.8 Å². The highest BCUT2D eigenvalue weighted by molar-refractivity contribution is 6.30. The maximum absolute atomic E-state index is 13.0. The maximum atomic E-state index is 13.0. The van der Waals surface area contributed by atoms with E-state index in [9.17, 15) is 4.79 Å². The quantitative estimate of drug-likeness (QED) is 0.524. The number of carbonyl (C=O) groups excluding carboxylic acids is 1. The number of anilines is 1. The van der Waals surface area contributed by atoms with Crippen LogP contribution in [0.5, 0.6) is 0 Å². The molecule has 0 atom stereocenters. The van der Waals surface area contributed by atoms with Crippen molar-refractivity contribution in [3.8, 4) is 0 Å². The number of hydrogen-bond acceptors (Lipinski definition) is 3. The summed E-state index contributed by atoms with van der Waals surface area (Å²) in [7, 11) is 0. The van der Waals surface area contributed by atoms with E-state index < -0.39 is 0 Å². The zero-order valence-electron chi connectivity index (χ0n) is 15.0. The third-order valence-electron chi connectivity index (χ3n) is 5.12. The standard InChI is InChI=1S/C22H17ClN4O/c23-18-5-6-20-16(10-18)7-8-26(22(20)28)19-9-15(11-24-13-19)14-27-21-4-2-1-3-17(21)12-25-27/h1-6,9-13H,7-8,14H2. The lowest BCUT2D eigenvalue weighted by atomic mass is 9.98. The minimum atomic E-state index is -0.0126. The largest absolute Gasteiger partial charge is 0.306 e. The summed E-state index contributed by atoms with van der Waals surface area (Å²) in [5.74, 6) is -0.0126. The van der Waals surface area contributed by atoms with Gasteiger partial charge < -0.3 is 4.90 Å². The SMILES string of the molecule is O=C1c2ccc(Cl)cc2CCN1c1cncc(Cn2ncc3ccccc32)c1. The van der Waals surface area contributed by atoms with Gasteiger partial charge in [0, 0.05) is 28.7 Å². The van der Waals surface area contributed by atoms with Crippen molar-refractivity contribution in [2.75, 3.05) is 11.4 Å². The molecule has 0 aliphatic carbocycles. The first kappa shape index (κ1) is 17.0. The number of pyridine rings is 1. The molecule has 4 aromatic rings. The van der Waals surface area contributed by atoms with Gasteiger partial charge >= 0.3 is 0 Å². The molecule has 0 radical (unpaired) electrons. The summed E-state index contributed by atoms with van der Waals surface area (Å²) in [5, 5.41) is 6.25. The van der Waals surface area contributed by atoms with Crippen LogP contribution in [-0.4, -0.2) is 27.2 Å². The Bertz CT molecular complexity index is 1200. The smallest absolute Gasteiger partial charge is 0.258 e. The lowest BCUT2D eigenvalue weighted by Crippen LogP contribution is -2.37. The van der Waals surface area contributed by atoms with Gasteiger partial charge in [0.05, 0.1) is 30.1 Å². The van der Waals surface area contributed by atoms with Crippen LogP contribution in [0.25, 0.3) is 10.9 Å². The number of halogens is 1. The van der Waals surface area contributed by atoms with E-state index in [1.807, 2.05) is 47.4 Å². The normalized spacial score (nSPS) is 13.8. The minimum Gasteiger partial charge on any atom is -0.306 e. The molecular formula is C22H17ClN4O. The van der Waals surface area contributed by atoms with E-state index in [0.717, 1.165) is 34.1 Å². The number of hydrogen-bond donors (Lipinski definition) is 0. The Balaban J connectivity index is 1.44. The number of amides is 1. The molecule has 1 aliphatic rings. The Labute approximate surface area is 167 Å². The summed E-state index contributed by atoms with van der Waals surface area (Å²) >= 11 is 6.06. The molecule has 2 aromatic heterocycles. The predicted molar refractivity (Wildman–Crippen MR) is 110 cm³/mol. The van der Waals surface area contributed by atoms with E-state index >= 15 is 0 Å². The average Bonchev–Trinajstić information content (AvgIpc) is 3.11. The Morgan fingerprint density at radius 1 is 1.04 bits per heavy atom. The lowest BCUT2D eigenvalue weighted by molar-refractivity contribution is 0.0980. The van der Waals surface area contributed by atoms with E-state index in [4.69, 9.17) is 11.6 Å². The Morgan fingerprint density at radius 2 is 1.93 bits per heavy atom. The van der Waals surface area contributed by atoms with E-state index in [1.165, 1.54) is 0 Å². The van der Waals surface area contributed by atoms with Crippen LogP contribution >= 0.6 is 11.6 Å². The summed E-state index contributed by atoms with van der Waals surface area (Å²) in [5.41, 5.74) is 4.59. The fourth-order valence-corrected chi connectivity index (χ4v) is 3.93. The minimum absolute atomic E-state index is 0.0126. The molecule has 0 fully saturated rings. The number of para-hydroxylation sites is 1. The fourth-order valence-electron chi connectivity index (χ4n) is 3.74. The number of nitrogens with zero attached hydrogens (tertiary/aromatic N) is 4. The summed E-state index contributed by atoms with van der Waals surface area (Å²) in [6, 6.07) is 15.6. The Hall–Kier alpha value is -3.18. The first-order valence-electron chi connectivity index (χ1n) is 9.14. The van der Waals surface area contributed by atoms with Crippen molar-refractivity contribution in [2.24, 2.45) is 0 Å².